The van der Waals surface area contributed by atoms with Gasteiger partial charge in [0.1, 0.15) is 10.6 Å². The molecule has 1 unspecified atom stereocenters. The van der Waals surface area contributed by atoms with Gasteiger partial charge < -0.3 is 15.4 Å². The number of nitrogens with two attached hydrogens (primary N) is 1. The predicted octanol–water partition coefficient (Wildman–Crippen LogP) is 0.910. The summed E-state index contributed by atoms with van der Waals surface area (Å²) in [5.41, 5.74) is 7.13. The summed E-state index contributed by atoms with van der Waals surface area (Å²) < 4.78 is 32.4. The van der Waals surface area contributed by atoms with Crippen LogP contribution in [-0.2, 0) is 10.0 Å². The summed E-state index contributed by atoms with van der Waals surface area (Å²) in [5.74, 6) is 0.343. The molecule has 1 heterocycles. The number of nitrogens with zero attached hydrogens (tertiary/aromatic N) is 2. The molecule has 1 atom stereocenters. The van der Waals surface area contributed by atoms with Crippen molar-refractivity contribution in [1.29, 1.82) is 0 Å². The number of sulfonamides is 1. The molecular weight excluding hydrogens is 290 g/mol. The summed E-state index contributed by atoms with van der Waals surface area (Å²) in [6.45, 7) is 2.83. The highest BCUT2D eigenvalue weighted by Crippen LogP contribution is 2.32. The van der Waals surface area contributed by atoms with Crippen LogP contribution in [0.25, 0.3) is 0 Å². The van der Waals surface area contributed by atoms with Crippen molar-refractivity contribution in [3.05, 3.63) is 17.7 Å². The van der Waals surface area contributed by atoms with Crippen molar-refractivity contribution in [2.45, 2.75) is 24.3 Å². The standard InChI is InChI=1S/C14H23N3O3S/c1-10-7-13(20-4)14(8-12(10)15)21(18,19)17-6-5-11(9-17)16(2)3/h7-8,11H,5-6,9,15H2,1-4H3. The van der Waals surface area contributed by atoms with Gasteiger partial charge in [-0.1, -0.05) is 0 Å². The molecule has 21 heavy (non-hydrogen) atoms. The predicted molar refractivity (Wildman–Crippen MR) is 83.0 cm³/mol. The molecule has 2 N–H and O–H groups in total. The van der Waals surface area contributed by atoms with Crippen LogP contribution < -0.4 is 10.5 Å². The molecule has 0 aromatic heterocycles. The molecule has 1 saturated heterocycles. The van der Waals surface area contributed by atoms with E-state index < -0.39 is 10.0 Å². The minimum absolute atomic E-state index is 0.146. The molecule has 118 valence electrons. The van der Waals surface area contributed by atoms with Gasteiger partial charge in [0.25, 0.3) is 0 Å². The van der Waals surface area contributed by atoms with E-state index in [9.17, 15) is 8.42 Å². The number of ether oxygens (including phenoxy) is 1. The zero-order valence-electron chi connectivity index (χ0n) is 13.0. The largest absolute Gasteiger partial charge is 0.495 e. The van der Waals surface area contributed by atoms with E-state index in [2.05, 4.69) is 4.90 Å². The molecule has 7 heteroatoms. The van der Waals surface area contributed by atoms with Crippen LogP contribution >= 0.6 is 0 Å². The van der Waals surface area contributed by atoms with Gasteiger partial charge in [-0.25, -0.2) is 8.42 Å². The first-order chi connectivity index (χ1) is 9.77. The van der Waals surface area contributed by atoms with E-state index in [4.69, 9.17) is 10.5 Å². The van der Waals surface area contributed by atoms with E-state index in [1.807, 2.05) is 21.0 Å². The van der Waals surface area contributed by atoms with Gasteiger partial charge in [-0.2, -0.15) is 4.31 Å². The normalized spacial score (nSPS) is 20.1. The first-order valence-corrected chi connectivity index (χ1v) is 8.32. The van der Waals surface area contributed by atoms with Gasteiger partial charge in [-0.05, 0) is 45.1 Å². The summed E-state index contributed by atoms with van der Waals surface area (Å²) >= 11 is 0. The van der Waals surface area contributed by atoms with Crippen molar-refractivity contribution < 1.29 is 13.2 Å². The maximum absolute atomic E-state index is 12.8. The Bertz CT molecular complexity index is 629. The molecule has 1 aromatic carbocycles. The highest BCUT2D eigenvalue weighted by molar-refractivity contribution is 7.89. The van der Waals surface area contributed by atoms with Gasteiger partial charge in [-0.3, -0.25) is 0 Å². The molecule has 1 aliphatic rings. The van der Waals surface area contributed by atoms with Gasteiger partial charge >= 0.3 is 0 Å². The summed E-state index contributed by atoms with van der Waals surface area (Å²) in [5, 5.41) is 0. The Morgan fingerprint density at radius 3 is 2.57 bits per heavy atom. The Morgan fingerprint density at radius 1 is 1.38 bits per heavy atom. The van der Waals surface area contributed by atoms with Gasteiger partial charge in [0, 0.05) is 24.8 Å². The van der Waals surface area contributed by atoms with E-state index in [-0.39, 0.29) is 10.9 Å². The van der Waals surface area contributed by atoms with Crippen LogP contribution in [0.5, 0.6) is 5.75 Å². The Hall–Kier alpha value is -1.31. The third-order valence-electron chi connectivity index (χ3n) is 4.03. The Balaban J connectivity index is 2.39. The first-order valence-electron chi connectivity index (χ1n) is 6.88. The fraction of sp³-hybridized carbons (Fsp3) is 0.571. The number of rotatable bonds is 4. The van der Waals surface area contributed by atoms with Crippen LogP contribution in [0.1, 0.15) is 12.0 Å². The second-order valence-electron chi connectivity index (χ2n) is 5.63. The van der Waals surface area contributed by atoms with E-state index in [0.29, 0.717) is 24.5 Å². The Labute approximate surface area is 126 Å². The van der Waals surface area contributed by atoms with Crippen LogP contribution in [-0.4, -0.2) is 58.0 Å². The average Bonchev–Trinajstić information content (AvgIpc) is 2.91. The third kappa shape index (κ3) is 3.00. The number of nitrogen functional groups attached to an aromatic ring is 1. The number of anilines is 1. The summed E-state index contributed by atoms with van der Waals surface area (Å²) in [6, 6.07) is 3.40. The minimum Gasteiger partial charge on any atom is -0.495 e. The second kappa shape index (κ2) is 5.82. The topological polar surface area (TPSA) is 75.9 Å². The maximum atomic E-state index is 12.8. The van der Waals surface area contributed by atoms with Crippen LogP contribution in [0, 0.1) is 6.92 Å². The SMILES string of the molecule is COc1cc(C)c(N)cc1S(=O)(=O)N1CCC(N(C)C)C1. The smallest absolute Gasteiger partial charge is 0.246 e. The molecule has 2 rings (SSSR count). The van der Waals surface area contributed by atoms with Gasteiger partial charge in [0.15, 0.2) is 0 Å². The molecule has 6 nitrogen and oxygen atoms in total. The number of hydrogen-bond donors (Lipinski definition) is 1. The van der Waals surface area contributed by atoms with E-state index in [1.54, 1.807) is 6.07 Å². The van der Waals surface area contributed by atoms with Crippen LogP contribution in [0.3, 0.4) is 0 Å². The number of methoxy groups -OCH3 is 1. The lowest BCUT2D eigenvalue weighted by Crippen LogP contribution is -2.34. The van der Waals surface area contributed by atoms with Crippen molar-refractivity contribution in [3.8, 4) is 5.75 Å². The molecule has 0 amide bonds. The van der Waals surface area contributed by atoms with Crippen LogP contribution in [0.4, 0.5) is 5.69 Å². The number of benzene rings is 1. The van der Waals surface area contributed by atoms with Crippen LogP contribution in [0.2, 0.25) is 0 Å². The monoisotopic (exact) mass is 313 g/mol. The molecule has 1 aromatic rings. The lowest BCUT2D eigenvalue weighted by molar-refractivity contribution is 0.302. The summed E-state index contributed by atoms with van der Waals surface area (Å²) in [6.07, 6.45) is 0.829. The lowest BCUT2D eigenvalue weighted by atomic mass is 10.2. The minimum atomic E-state index is -3.59. The van der Waals surface area contributed by atoms with E-state index >= 15 is 0 Å². The second-order valence-corrected chi connectivity index (χ2v) is 7.54. The zero-order valence-corrected chi connectivity index (χ0v) is 13.8. The fourth-order valence-electron chi connectivity index (χ4n) is 2.53. The number of hydrogen-bond acceptors (Lipinski definition) is 5. The molecule has 0 radical (unpaired) electrons. The molecule has 0 bridgehead atoms. The van der Waals surface area contributed by atoms with Crippen LogP contribution in [0.15, 0.2) is 17.0 Å². The fourth-order valence-corrected chi connectivity index (χ4v) is 4.19. The van der Waals surface area contributed by atoms with Gasteiger partial charge in [0.05, 0.1) is 7.11 Å². The number of likely N-dealkylation sites (N-methyl/N-ethyl adjacent to an activating group) is 1. The Kier molecular flexibility index (Phi) is 4.46. The molecule has 1 fully saturated rings. The van der Waals surface area contributed by atoms with E-state index in [0.717, 1.165) is 12.0 Å². The number of aryl methyl sites for hydroxylation is 1. The molecular formula is C14H23N3O3S. The van der Waals surface area contributed by atoms with Crippen molar-refractivity contribution in [2.24, 2.45) is 0 Å². The highest BCUT2D eigenvalue weighted by atomic mass is 32.2. The lowest BCUT2D eigenvalue weighted by Gasteiger charge is -2.21. The molecule has 0 aliphatic carbocycles. The third-order valence-corrected chi connectivity index (χ3v) is 5.91. The molecule has 1 aliphatic heterocycles. The summed E-state index contributed by atoms with van der Waals surface area (Å²) in [4.78, 5) is 2.20. The average molecular weight is 313 g/mol. The Morgan fingerprint density at radius 2 is 2.05 bits per heavy atom. The van der Waals surface area contributed by atoms with Crippen molar-refractivity contribution in [1.82, 2.24) is 9.21 Å². The van der Waals surface area contributed by atoms with Crippen molar-refractivity contribution >= 4 is 15.7 Å². The molecule has 0 spiro atoms. The van der Waals surface area contributed by atoms with Gasteiger partial charge in [-0.15, -0.1) is 0 Å². The molecule has 0 saturated carbocycles. The van der Waals surface area contributed by atoms with Gasteiger partial charge in [0.2, 0.25) is 10.0 Å². The summed E-state index contributed by atoms with van der Waals surface area (Å²) in [7, 11) is 1.81. The van der Waals surface area contributed by atoms with Crippen molar-refractivity contribution in [2.75, 3.05) is 40.0 Å². The maximum Gasteiger partial charge on any atom is 0.246 e. The van der Waals surface area contributed by atoms with Crippen molar-refractivity contribution in [3.63, 3.8) is 0 Å². The highest BCUT2D eigenvalue weighted by Gasteiger charge is 2.35. The quantitative estimate of drug-likeness (QED) is 0.836. The van der Waals surface area contributed by atoms with E-state index in [1.165, 1.54) is 17.5 Å². The zero-order chi connectivity index (χ0) is 15.8. The first kappa shape index (κ1) is 16.1.